The molecule has 0 saturated heterocycles. The summed E-state index contributed by atoms with van der Waals surface area (Å²) in [5.41, 5.74) is 3.17. The van der Waals surface area contributed by atoms with Crippen LogP contribution in [0.4, 0.5) is 4.39 Å². The second-order valence-corrected chi connectivity index (χ2v) is 6.05. The van der Waals surface area contributed by atoms with Crippen LogP contribution in [0.25, 0.3) is 11.1 Å². The van der Waals surface area contributed by atoms with Crippen molar-refractivity contribution in [3.8, 4) is 11.1 Å². The van der Waals surface area contributed by atoms with Crippen LogP contribution in [0.3, 0.4) is 0 Å². The highest BCUT2D eigenvalue weighted by molar-refractivity contribution is 6.34. The smallest absolute Gasteiger partial charge is 0.131 e. The third-order valence-electron chi connectivity index (χ3n) is 3.51. The summed E-state index contributed by atoms with van der Waals surface area (Å²) in [6.45, 7) is 8.24. The molecule has 0 aliphatic carbocycles. The highest BCUT2D eigenvalue weighted by Gasteiger charge is 2.14. The topological polar surface area (TPSA) is 0 Å². The average Bonchev–Trinajstić information content (AvgIpc) is 2.39. The molecule has 0 unspecified atom stereocenters. The lowest BCUT2D eigenvalue weighted by molar-refractivity contribution is 0.626. The van der Waals surface area contributed by atoms with Crippen LogP contribution in [-0.4, -0.2) is 0 Å². The maximum Gasteiger partial charge on any atom is 0.131 e. The van der Waals surface area contributed by atoms with Gasteiger partial charge in [-0.1, -0.05) is 63.6 Å². The maximum absolute atomic E-state index is 14.3. The van der Waals surface area contributed by atoms with Gasteiger partial charge in [-0.2, -0.15) is 0 Å². The van der Waals surface area contributed by atoms with Gasteiger partial charge in [0, 0.05) is 11.1 Å². The van der Waals surface area contributed by atoms with Gasteiger partial charge in [-0.3, -0.25) is 0 Å². The number of hydrogen-bond donors (Lipinski definition) is 0. The van der Waals surface area contributed by atoms with E-state index < -0.39 is 0 Å². The molecule has 2 rings (SSSR count). The van der Waals surface area contributed by atoms with Gasteiger partial charge in [0.15, 0.2) is 0 Å². The van der Waals surface area contributed by atoms with E-state index in [1.165, 1.54) is 0 Å². The Hall–Kier alpha value is -1.34. The molecule has 0 heterocycles. The standard InChI is InChI=1S/C18H19ClF/c1-11(2)13-8-9-15(17(20)10-13)16-7-5-6-14(12(3)4)18(16)19/h5-6,8-12H,1-4H3. The van der Waals surface area contributed by atoms with Crippen LogP contribution in [0.2, 0.25) is 5.02 Å². The highest BCUT2D eigenvalue weighted by Crippen LogP contribution is 2.35. The van der Waals surface area contributed by atoms with Gasteiger partial charge in [-0.25, -0.2) is 4.39 Å². The molecule has 0 bridgehead atoms. The van der Waals surface area contributed by atoms with E-state index in [1.807, 2.05) is 32.0 Å². The molecule has 0 nitrogen and oxygen atoms in total. The van der Waals surface area contributed by atoms with Crippen molar-refractivity contribution in [3.05, 3.63) is 58.4 Å². The predicted octanol–water partition coefficient (Wildman–Crippen LogP) is 6.19. The van der Waals surface area contributed by atoms with Gasteiger partial charge in [-0.05, 0) is 35.1 Å². The Morgan fingerprint density at radius 2 is 1.75 bits per heavy atom. The summed E-state index contributed by atoms with van der Waals surface area (Å²) < 4.78 is 14.3. The molecule has 0 saturated carbocycles. The van der Waals surface area contributed by atoms with Crippen molar-refractivity contribution in [3.63, 3.8) is 0 Å². The van der Waals surface area contributed by atoms with Gasteiger partial charge in [0.2, 0.25) is 0 Å². The van der Waals surface area contributed by atoms with Crippen LogP contribution in [0.5, 0.6) is 0 Å². The van der Waals surface area contributed by atoms with Crippen LogP contribution in [0.1, 0.15) is 50.7 Å². The van der Waals surface area contributed by atoms with E-state index >= 15 is 0 Å². The Balaban J connectivity index is 2.55. The van der Waals surface area contributed by atoms with E-state index in [0.717, 1.165) is 11.1 Å². The molecule has 2 aromatic rings. The van der Waals surface area contributed by atoms with Crippen LogP contribution in [0.15, 0.2) is 30.3 Å². The van der Waals surface area contributed by atoms with Crippen molar-refractivity contribution in [2.45, 2.75) is 39.5 Å². The molecule has 0 spiro atoms. The predicted molar refractivity (Wildman–Crippen MR) is 83.9 cm³/mol. The first-order chi connectivity index (χ1) is 9.41. The molecule has 0 aromatic heterocycles. The van der Waals surface area contributed by atoms with Crippen LogP contribution >= 0.6 is 11.6 Å². The monoisotopic (exact) mass is 289 g/mol. The van der Waals surface area contributed by atoms with Crippen molar-refractivity contribution in [1.29, 1.82) is 0 Å². The Bertz CT molecular complexity index is 615. The zero-order chi connectivity index (χ0) is 14.9. The number of rotatable bonds is 3. The largest absolute Gasteiger partial charge is 0.206 e. The summed E-state index contributed by atoms with van der Waals surface area (Å²) in [6.07, 6.45) is 0. The third-order valence-corrected chi connectivity index (χ3v) is 3.92. The zero-order valence-electron chi connectivity index (χ0n) is 12.3. The van der Waals surface area contributed by atoms with Gasteiger partial charge >= 0.3 is 0 Å². The first kappa shape index (κ1) is 15.1. The molecule has 20 heavy (non-hydrogen) atoms. The molecule has 0 fully saturated rings. The molecule has 0 amide bonds. The molecule has 105 valence electrons. The van der Waals surface area contributed by atoms with Crippen LogP contribution in [-0.2, 0) is 0 Å². The van der Waals surface area contributed by atoms with Crippen molar-refractivity contribution < 1.29 is 4.39 Å². The second-order valence-electron chi connectivity index (χ2n) is 5.67. The minimum absolute atomic E-state index is 0.241. The highest BCUT2D eigenvalue weighted by atomic mass is 35.5. The molecule has 0 aliphatic rings. The molecule has 1 radical (unpaired) electrons. The van der Waals surface area contributed by atoms with Crippen molar-refractivity contribution in [2.24, 2.45) is 0 Å². The van der Waals surface area contributed by atoms with Gasteiger partial charge < -0.3 is 0 Å². The van der Waals surface area contributed by atoms with Crippen molar-refractivity contribution >= 4 is 11.6 Å². The molecule has 0 N–H and O–H groups in total. The van der Waals surface area contributed by atoms with Crippen LogP contribution < -0.4 is 0 Å². The maximum atomic E-state index is 14.3. The molecule has 2 aromatic carbocycles. The first-order valence-electron chi connectivity index (χ1n) is 6.91. The lowest BCUT2D eigenvalue weighted by Crippen LogP contribution is -1.95. The Morgan fingerprint density at radius 1 is 1.05 bits per heavy atom. The van der Waals surface area contributed by atoms with E-state index in [4.69, 9.17) is 11.6 Å². The van der Waals surface area contributed by atoms with E-state index in [1.54, 1.807) is 12.1 Å². The third kappa shape index (κ3) is 2.88. The fourth-order valence-corrected chi connectivity index (χ4v) is 2.67. The summed E-state index contributed by atoms with van der Waals surface area (Å²) in [5.74, 6) is 0.365. The zero-order valence-corrected chi connectivity index (χ0v) is 13.1. The Morgan fingerprint density at radius 3 is 2.30 bits per heavy atom. The van der Waals surface area contributed by atoms with Crippen molar-refractivity contribution in [2.75, 3.05) is 0 Å². The fourth-order valence-electron chi connectivity index (χ4n) is 2.23. The summed E-state index contributed by atoms with van der Waals surface area (Å²) in [4.78, 5) is 0. The molecular weight excluding hydrogens is 271 g/mol. The fraction of sp³-hybridized carbons (Fsp3) is 0.333. The lowest BCUT2D eigenvalue weighted by atomic mass is 9.94. The summed E-state index contributed by atoms with van der Waals surface area (Å²) in [5, 5.41) is 0.596. The molecular formula is C18H19ClF. The SMILES string of the molecule is CC(C)c1ccc(-c2[c]ccc(C(C)C)c2Cl)c(F)c1. The normalized spacial score (nSPS) is 11.4. The van der Waals surface area contributed by atoms with E-state index in [9.17, 15) is 4.39 Å². The quantitative estimate of drug-likeness (QED) is 0.631. The summed E-state index contributed by atoms with van der Waals surface area (Å²) >= 11 is 6.41. The van der Waals surface area contributed by atoms with Crippen molar-refractivity contribution in [1.82, 2.24) is 0 Å². The minimum Gasteiger partial charge on any atom is -0.206 e. The average molecular weight is 290 g/mol. The first-order valence-corrected chi connectivity index (χ1v) is 7.29. The Kier molecular flexibility index (Phi) is 4.49. The van der Waals surface area contributed by atoms with E-state index in [-0.39, 0.29) is 5.82 Å². The second kappa shape index (κ2) is 5.97. The number of benzene rings is 2. The molecule has 0 aliphatic heterocycles. The Labute approximate surface area is 125 Å². The lowest BCUT2D eigenvalue weighted by Gasteiger charge is -2.14. The minimum atomic E-state index is -0.241. The number of hydrogen-bond acceptors (Lipinski definition) is 0. The molecule has 0 atom stereocenters. The van der Waals surface area contributed by atoms with E-state index in [2.05, 4.69) is 19.9 Å². The van der Waals surface area contributed by atoms with Gasteiger partial charge in [0.1, 0.15) is 5.82 Å². The van der Waals surface area contributed by atoms with Gasteiger partial charge in [0.05, 0.1) is 5.02 Å². The molecule has 2 heteroatoms. The van der Waals surface area contributed by atoms with E-state index in [0.29, 0.717) is 28.0 Å². The van der Waals surface area contributed by atoms with Gasteiger partial charge in [-0.15, -0.1) is 0 Å². The van der Waals surface area contributed by atoms with Gasteiger partial charge in [0.25, 0.3) is 0 Å². The number of halogens is 2. The summed E-state index contributed by atoms with van der Waals surface area (Å²) in [6, 6.07) is 12.2. The van der Waals surface area contributed by atoms with Crippen LogP contribution in [0, 0.1) is 11.9 Å². The summed E-state index contributed by atoms with van der Waals surface area (Å²) in [7, 11) is 0.